The molecule has 5 heteroatoms. The van der Waals surface area contributed by atoms with Crippen molar-refractivity contribution in [2.24, 2.45) is 0 Å². The van der Waals surface area contributed by atoms with Crippen molar-refractivity contribution >= 4 is 11.6 Å². The van der Waals surface area contributed by atoms with E-state index in [1.807, 2.05) is 6.92 Å². The highest BCUT2D eigenvalue weighted by molar-refractivity contribution is 5.92. The predicted molar refractivity (Wildman–Crippen MR) is 68.8 cm³/mol. The molecule has 1 atom stereocenters. The Morgan fingerprint density at radius 2 is 2.28 bits per heavy atom. The van der Waals surface area contributed by atoms with Gasteiger partial charge in [0.15, 0.2) is 0 Å². The Bertz CT molecular complexity index is 385. The van der Waals surface area contributed by atoms with Gasteiger partial charge in [0.1, 0.15) is 5.82 Å². The van der Waals surface area contributed by atoms with E-state index in [-0.39, 0.29) is 30.9 Å². The standard InChI is InChI=1S/C13H19FN2O2/c1-10(4-3-7-17)15-9-13(18)16-12-6-2-5-11(14)8-12/h2,5-6,8,10,15,17H,3-4,7,9H2,1H3,(H,16,18). The molecule has 4 nitrogen and oxygen atoms in total. The van der Waals surface area contributed by atoms with Gasteiger partial charge in [0.2, 0.25) is 5.91 Å². The molecule has 1 aromatic carbocycles. The summed E-state index contributed by atoms with van der Waals surface area (Å²) < 4.78 is 12.9. The number of aliphatic hydroxyl groups excluding tert-OH is 1. The molecule has 0 saturated heterocycles. The normalized spacial score (nSPS) is 12.2. The maximum absolute atomic E-state index is 12.9. The van der Waals surface area contributed by atoms with E-state index in [0.29, 0.717) is 12.1 Å². The number of carbonyl (C=O) groups excluding carboxylic acids is 1. The van der Waals surface area contributed by atoms with Gasteiger partial charge in [0, 0.05) is 18.3 Å². The number of hydrogen-bond acceptors (Lipinski definition) is 3. The number of nitrogens with one attached hydrogen (secondary N) is 2. The molecule has 0 fully saturated rings. The minimum atomic E-state index is -0.378. The molecule has 0 spiro atoms. The number of rotatable bonds is 7. The summed E-state index contributed by atoms with van der Waals surface area (Å²) in [6.07, 6.45) is 1.52. The molecule has 3 N–H and O–H groups in total. The molecule has 1 aromatic rings. The monoisotopic (exact) mass is 254 g/mol. The minimum absolute atomic E-state index is 0.154. The van der Waals surface area contributed by atoms with Crippen molar-refractivity contribution in [3.8, 4) is 0 Å². The van der Waals surface area contributed by atoms with Crippen molar-refractivity contribution in [3.05, 3.63) is 30.1 Å². The zero-order chi connectivity index (χ0) is 13.4. The van der Waals surface area contributed by atoms with Gasteiger partial charge in [-0.05, 0) is 38.0 Å². The zero-order valence-electron chi connectivity index (χ0n) is 10.4. The van der Waals surface area contributed by atoms with Crippen LogP contribution in [0.4, 0.5) is 10.1 Å². The van der Waals surface area contributed by atoms with E-state index in [1.54, 1.807) is 12.1 Å². The van der Waals surface area contributed by atoms with Crippen molar-refractivity contribution in [2.75, 3.05) is 18.5 Å². The summed E-state index contributed by atoms with van der Waals surface area (Å²) in [7, 11) is 0. The van der Waals surface area contributed by atoms with Crippen molar-refractivity contribution < 1.29 is 14.3 Å². The Morgan fingerprint density at radius 3 is 2.94 bits per heavy atom. The third kappa shape index (κ3) is 5.75. The lowest BCUT2D eigenvalue weighted by atomic mass is 10.2. The molecule has 1 unspecified atom stereocenters. The van der Waals surface area contributed by atoms with E-state index >= 15 is 0 Å². The molecule has 0 aliphatic rings. The van der Waals surface area contributed by atoms with Gasteiger partial charge in [0.05, 0.1) is 6.54 Å². The van der Waals surface area contributed by atoms with E-state index in [0.717, 1.165) is 6.42 Å². The van der Waals surface area contributed by atoms with Gasteiger partial charge in [-0.25, -0.2) is 4.39 Å². The lowest BCUT2D eigenvalue weighted by molar-refractivity contribution is -0.115. The molecule has 0 aliphatic heterocycles. The van der Waals surface area contributed by atoms with Gasteiger partial charge in [-0.15, -0.1) is 0 Å². The Kier molecular flexibility index (Phi) is 6.32. The molecule has 0 aliphatic carbocycles. The van der Waals surface area contributed by atoms with E-state index in [2.05, 4.69) is 10.6 Å². The summed E-state index contributed by atoms with van der Waals surface area (Å²) in [5.74, 6) is -0.589. The molecule has 0 heterocycles. The van der Waals surface area contributed by atoms with Crippen LogP contribution >= 0.6 is 0 Å². The molecule has 0 saturated carbocycles. The number of benzene rings is 1. The largest absolute Gasteiger partial charge is 0.396 e. The van der Waals surface area contributed by atoms with Gasteiger partial charge in [-0.2, -0.15) is 0 Å². The molecule has 18 heavy (non-hydrogen) atoms. The quantitative estimate of drug-likeness (QED) is 0.691. The summed E-state index contributed by atoms with van der Waals surface area (Å²) in [6, 6.07) is 5.94. The first-order valence-corrected chi connectivity index (χ1v) is 6.01. The molecule has 0 bridgehead atoms. The second-order valence-corrected chi connectivity index (χ2v) is 4.21. The number of halogens is 1. The van der Waals surface area contributed by atoms with Gasteiger partial charge in [-0.3, -0.25) is 4.79 Å². The van der Waals surface area contributed by atoms with Crippen molar-refractivity contribution in [2.45, 2.75) is 25.8 Å². The van der Waals surface area contributed by atoms with Gasteiger partial charge >= 0.3 is 0 Å². The number of hydrogen-bond donors (Lipinski definition) is 3. The van der Waals surface area contributed by atoms with E-state index in [9.17, 15) is 9.18 Å². The molecule has 100 valence electrons. The molecular weight excluding hydrogens is 235 g/mol. The molecule has 0 radical (unpaired) electrons. The number of aliphatic hydroxyl groups is 1. The highest BCUT2D eigenvalue weighted by atomic mass is 19.1. The summed E-state index contributed by atoms with van der Waals surface area (Å²) >= 11 is 0. The van der Waals surface area contributed by atoms with Crippen LogP contribution in [0.2, 0.25) is 0 Å². The van der Waals surface area contributed by atoms with E-state index < -0.39 is 0 Å². The topological polar surface area (TPSA) is 61.4 Å². The van der Waals surface area contributed by atoms with Crippen LogP contribution in [-0.2, 0) is 4.79 Å². The SMILES string of the molecule is CC(CCCO)NCC(=O)Nc1cccc(F)c1. The van der Waals surface area contributed by atoms with Crippen LogP contribution < -0.4 is 10.6 Å². The van der Waals surface area contributed by atoms with Gasteiger partial charge in [-0.1, -0.05) is 6.07 Å². The summed E-state index contributed by atoms with van der Waals surface area (Å²) in [5.41, 5.74) is 0.449. The molecular formula is C13H19FN2O2. The smallest absolute Gasteiger partial charge is 0.238 e. The summed E-state index contributed by atoms with van der Waals surface area (Å²) in [6.45, 7) is 2.27. The maximum atomic E-state index is 12.9. The van der Waals surface area contributed by atoms with Crippen LogP contribution in [0.5, 0.6) is 0 Å². The number of carbonyl (C=O) groups is 1. The fourth-order valence-corrected chi connectivity index (χ4v) is 1.54. The zero-order valence-corrected chi connectivity index (χ0v) is 10.4. The van der Waals surface area contributed by atoms with Crippen LogP contribution in [0.3, 0.4) is 0 Å². The second kappa shape index (κ2) is 7.79. The van der Waals surface area contributed by atoms with E-state index in [1.165, 1.54) is 12.1 Å². The second-order valence-electron chi connectivity index (χ2n) is 4.21. The third-order valence-electron chi connectivity index (χ3n) is 2.51. The first kappa shape index (κ1) is 14.6. The molecule has 1 rings (SSSR count). The first-order valence-electron chi connectivity index (χ1n) is 6.01. The number of amides is 1. The molecule has 1 amide bonds. The average molecular weight is 254 g/mol. The Morgan fingerprint density at radius 1 is 1.50 bits per heavy atom. The lowest BCUT2D eigenvalue weighted by Gasteiger charge is -2.13. The Labute approximate surface area is 106 Å². The summed E-state index contributed by atoms with van der Waals surface area (Å²) in [5, 5.41) is 14.3. The Balaban J connectivity index is 2.29. The van der Waals surface area contributed by atoms with Gasteiger partial charge < -0.3 is 15.7 Å². The van der Waals surface area contributed by atoms with Crippen molar-refractivity contribution in [1.29, 1.82) is 0 Å². The van der Waals surface area contributed by atoms with Crippen LogP contribution in [0, 0.1) is 5.82 Å². The van der Waals surface area contributed by atoms with Crippen LogP contribution in [0.1, 0.15) is 19.8 Å². The van der Waals surface area contributed by atoms with Crippen LogP contribution in [-0.4, -0.2) is 30.2 Å². The third-order valence-corrected chi connectivity index (χ3v) is 2.51. The van der Waals surface area contributed by atoms with Crippen LogP contribution in [0.15, 0.2) is 24.3 Å². The Hall–Kier alpha value is -1.46. The first-order chi connectivity index (χ1) is 8.61. The lowest BCUT2D eigenvalue weighted by Crippen LogP contribution is -2.34. The van der Waals surface area contributed by atoms with Crippen molar-refractivity contribution in [1.82, 2.24) is 5.32 Å². The fourth-order valence-electron chi connectivity index (χ4n) is 1.54. The number of anilines is 1. The summed E-state index contributed by atoms with van der Waals surface area (Å²) in [4.78, 5) is 11.6. The highest BCUT2D eigenvalue weighted by Gasteiger charge is 2.06. The van der Waals surface area contributed by atoms with Gasteiger partial charge in [0.25, 0.3) is 0 Å². The molecule has 0 aromatic heterocycles. The van der Waals surface area contributed by atoms with E-state index in [4.69, 9.17) is 5.11 Å². The minimum Gasteiger partial charge on any atom is -0.396 e. The predicted octanol–water partition coefficient (Wildman–Crippen LogP) is 1.51. The maximum Gasteiger partial charge on any atom is 0.238 e. The van der Waals surface area contributed by atoms with Crippen LogP contribution in [0.25, 0.3) is 0 Å². The fraction of sp³-hybridized carbons (Fsp3) is 0.462. The van der Waals surface area contributed by atoms with Crippen molar-refractivity contribution in [3.63, 3.8) is 0 Å². The highest BCUT2D eigenvalue weighted by Crippen LogP contribution is 2.08. The average Bonchev–Trinajstić information content (AvgIpc) is 2.34.